The van der Waals surface area contributed by atoms with Crippen LogP contribution in [-0.2, 0) is 0 Å². The van der Waals surface area contributed by atoms with Gasteiger partial charge in [0.1, 0.15) is 0 Å². The van der Waals surface area contributed by atoms with Gasteiger partial charge >= 0.3 is 0 Å². The van der Waals surface area contributed by atoms with E-state index in [4.69, 9.17) is 0 Å². The lowest BCUT2D eigenvalue weighted by atomic mass is 10.1. The molecule has 1 heterocycles. The first-order valence-corrected chi connectivity index (χ1v) is 6.59. The molecule has 2 nitrogen and oxygen atoms in total. The Hall–Kier alpha value is -2.00. The van der Waals surface area contributed by atoms with Crippen LogP contribution >= 0.6 is 15.9 Å². The van der Waals surface area contributed by atoms with Crippen LogP contribution in [0.2, 0.25) is 0 Å². The second kappa shape index (κ2) is 6.25. The smallest absolute Gasteiger partial charge is 0.197 e. The van der Waals surface area contributed by atoms with Gasteiger partial charge in [0, 0.05) is 5.56 Å². The highest BCUT2D eigenvalue weighted by atomic mass is 79.9. The molecule has 0 N–H and O–H groups in total. The number of hydrogen-bond donors (Lipinski definition) is 0. The predicted molar refractivity (Wildman–Crippen MR) is 83.5 cm³/mol. The van der Waals surface area contributed by atoms with Crippen molar-refractivity contribution in [3.63, 3.8) is 0 Å². The molecule has 0 unspecified atom stereocenters. The number of allylic oxidation sites excluding steroid dienone is 4. The summed E-state index contributed by atoms with van der Waals surface area (Å²) >= 11 is 3.35. The fourth-order valence-corrected chi connectivity index (χ4v) is 2.09. The van der Waals surface area contributed by atoms with Crippen molar-refractivity contribution in [2.24, 2.45) is 0 Å². The zero-order valence-corrected chi connectivity index (χ0v) is 12.0. The monoisotopic (exact) mass is 312 g/mol. The van der Waals surface area contributed by atoms with E-state index in [1.165, 1.54) is 0 Å². The standard InChI is InChI=1S/C16H13BrN2/c1-3-8-12(4-2)14-11-15(19-16(17)18-14)13-9-6-5-7-10-13/h3-11H,1-2H2/b12-8+. The number of benzene rings is 1. The summed E-state index contributed by atoms with van der Waals surface area (Å²) in [5, 5.41) is 0. The molecule has 0 aliphatic heterocycles. The Morgan fingerprint density at radius 3 is 2.47 bits per heavy atom. The zero-order valence-electron chi connectivity index (χ0n) is 10.4. The van der Waals surface area contributed by atoms with E-state index in [-0.39, 0.29) is 0 Å². The third kappa shape index (κ3) is 3.26. The maximum atomic E-state index is 4.40. The minimum absolute atomic E-state index is 0.556. The van der Waals surface area contributed by atoms with E-state index in [1.807, 2.05) is 42.5 Å². The fraction of sp³-hybridized carbons (Fsp3) is 0. The predicted octanol–water partition coefficient (Wildman–Crippen LogP) is 4.66. The molecule has 0 aliphatic rings. The Balaban J connectivity index is 2.55. The van der Waals surface area contributed by atoms with Gasteiger partial charge in [0.15, 0.2) is 4.73 Å². The lowest BCUT2D eigenvalue weighted by Crippen LogP contribution is -1.94. The van der Waals surface area contributed by atoms with Crippen molar-refractivity contribution < 1.29 is 0 Å². The maximum absolute atomic E-state index is 4.40. The highest BCUT2D eigenvalue weighted by Crippen LogP contribution is 2.23. The van der Waals surface area contributed by atoms with Gasteiger partial charge in [0.05, 0.1) is 11.4 Å². The molecule has 0 amide bonds. The molecule has 1 aromatic heterocycles. The Labute approximate surface area is 121 Å². The normalized spacial score (nSPS) is 11.1. The third-order valence-electron chi connectivity index (χ3n) is 2.58. The van der Waals surface area contributed by atoms with Gasteiger partial charge in [-0.3, -0.25) is 0 Å². The molecule has 1 aromatic carbocycles. The molecule has 94 valence electrons. The van der Waals surface area contributed by atoms with Gasteiger partial charge in [-0.1, -0.05) is 61.7 Å². The van der Waals surface area contributed by atoms with Gasteiger partial charge in [-0.15, -0.1) is 0 Å². The molecule has 2 aromatic rings. The molecule has 0 saturated heterocycles. The lowest BCUT2D eigenvalue weighted by molar-refractivity contribution is 1.10. The van der Waals surface area contributed by atoms with Crippen molar-refractivity contribution in [1.29, 1.82) is 0 Å². The maximum Gasteiger partial charge on any atom is 0.197 e. The quantitative estimate of drug-likeness (QED) is 0.606. The van der Waals surface area contributed by atoms with E-state index in [0.29, 0.717) is 4.73 Å². The summed E-state index contributed by atoms with van der Waals surface area (Å²) in [6, 6.07) is 11.9. The number of hydrogen-bond acceptors (Lipinski definition) is 2. The first-order chi connectivity index (χ1) is 9.24. The highest BCUT2D eigenvalue weighted by molar-refractivity contribution is 9.10. The van der Waals surface area contributed by atoms with Gasteiger partial charge in [-0.05, 0) is 27.6 Å². The van der Waals surface area contributed by atoms with Crippen LogP contribution in [0.25, 0.3) is 16.8 Å². The second-order valence-electron chi connectivity index (χ2n) is 3.84. The molecule has 3 heteroatoms. The zero-order chi connectivity index (χ0) is 13.7. The Kier molecular flexibility index (Phi) is 4.42. The SMILES string of the molecule is C=C/C=C(\C=C)c1cc(-c2ccccc2)nc(Br)n1. The van der Waals surface area contributed by atoms with Crippen molar-refractivity contribution >= 4 is 21.5 Å². The molecule has 0 saturated carbocycles. The topological polar surface area (TPSA) is 25.8 Å². The molecular formula is C16H13BrN2. The average Bonchev–Trinajstić information content (AvgIpc) is 2.45. The van der Waals surface area contributed by atoms with E-state index in [2.05, 4.69) is 39.1 Å². The molecule has 0 spiro atoms. The fourth-order valence-electron chi connectivity index (χ4n) is 1.71. The van der Waals surface area contributed by atoms with Crippen LogP contribution in [0.5, 0.6) is 0 Å². The van der Waals surface area contributed by atoms with Crippen LogP contribution in [0.3, 0.4) is 0 Å². The minimum atomic E-state index is 0.556. The van der Waals surface area contributed by atoms with Crippen LogP contribution in [0.15, 0.2) is 72.5 Å². The van der Waals surface area contributed by atoms with Crippen molar-refractivity contribution in [2.75, 3.05) is 0 Å². The average molecular weight is 313 g/mol. The van der Waals surface area contributed by atoms with Gasteiger partial charge in [0.25, 0.3) is 0 Å². The minimum Gasteiger partial charge on any atom is -0.222 e. The molecule has 19 heavy (non-hydrogen) atoms. The molecule has 0 radical (unpaired) electrons. The first-order valence-electron chi connectivity index (χ1n) is 5.80. The van der Waals surface area contributed by atoms with Crippen LogP contribution in [0.4, 0.5) is 0 Å². The number of aromatic nitrogens is 2. The number of rotatable bonds is 4. The third-order valence-corrected chi connectivity index (χ3v) is 2.94. The van der Waals surface area contributed by atoms with Crippen molar-refractivity contribution in [3.05, 3.63) is 78.2 Å². The molecule has 0 fully saturated rings. The summed E-state index contributed by atoms with van der Waals surface area (Å²) in [6.07, 6.45) is 5.34. The van der Waals surface area contributed by atoms with E-state index in [1.54, 1.807) is 12.2 Å². The van der Waals surface area contributed by atoms with E-state index in [9.17, 15) is 0 Å². The van der Waals surface area contributed by atoms with E-state index in [0.717, 1.165) is 22.5 Å². The summed E-state index contributed by atoms with van der Waals surface area (Å²) in [5.41, 5.74) is 3.65. The summed E-state index contributed by atoms with van der Waals surface area (Å²) in [7, 11) is 0. The first kappa shape index (κ1) is 13.4. The van der Waals surface area contributed by atoms with Gasteiger partial charge in [0.2, 0.25) is 0 Å². The second-order valence-corrected chi connectivity index (χ2v) is 4.54. The molecule has 0 bridgehead atoms. The van der Waals surface area contributed by atoms with Crippen LogP contribution in [0, 0.1) is 0 Å². The van der Waals surface area contributed by atoms with Crippen LogP contribution in [0.1, 0.15) is 5.69 Å². The number of halogens is 1. The summed E-state index contributed by atoms with van der Waals surface area (Å²) in [6.45, 7) is 7.49. The van der Waals surface area contributed by atoms with Crippen molar-refractivity contribution in [1.82, 2.24) is 9.97 Å². The molecule has 2 rings (SSSR count). The highest BCUT2D eigenvalue weighted by Gasteiger charge is 2.06. The van der Waals surface area contributed by atoms with Crippen molar-refractivity contribution in [3.8, 4) is 11.3 Å². The van der Waals surface area contributed by atoms with E-state index < -0.39 is 0 Å². The number of nitrogens with zero attached hydrogens (tertiary/aromatic N) is 2. The lowest BCUT2D eigenvalue weighted by Gasteiger charge is -2.06. The van der Waals surface area contributed by atoms with Crippen molar-refractivity contribution in [2.45, 2.75) is 0 Å². The summed E-state index contributed by atoms with van der Waals surface area (Å²) in [5.74, 6) is 0. The molecular weight excluding hydrogens is 300 g/mol. The van der Waals surface area contributed by atoms with Gasteiger partial charge in [-0.25, -0.2) is 9.97 Å². The molecule has 0 aliphatic carbocycles. The van der Waals surface area contributed by atoms with Gasteiger partial charge < -0.3 is 0 Å². The Bertz CT molecular complexity index is 630. The van der Waals surface area contributed by atoms with Crippen LogP contribution < -0.4 is 0 Å². The van der Waals surface area contributed by atoms with E-state index >= 15 is 0 Å². The largest absolute Gasteiger partial charge is 0.222 e. The molecule has 0 atom stereocenters. The van der Waals surface area contributed by atoms with Gasteiger partial charge in [-0.2, -0.15) is 0 Å². The Morgan fingerprint density at radius 1 is 1.11 bits per heavy atom. The van der Waals surface area contributed by atoms with Crippen LogP contribution in [-0.4, -0.2) is 9.97 Å². The Morgan fingerprint density at radius 2 is 1.84 bits per heavy atom. The summed E-state index contributed by atoms with van der Waals surface area (Å²) < 4.78 is 0.556. The summed E-state index contributed by atoms with van der Waals surface area (Å²) in [4.78, 5) is 8.77.